The molecule has 0 unspecified atom stereocenters. The second kappa shape index (κ2) is 5.95. The van der Waals surface area contributed by atoms with Crippen LogP contribution in [0, 0.1) is 0 Å². The van der Waals surface area contributed by atoms with Crippen molar-refractivity contribution in [2.75, 3.05) is 13.2 Å². The molecular weight excluding hydrogens is 264 g/mol. The van der Waals surface area contributed by atoms with Gasteiger partial charge in [0, 0.05) is 19.3 Å². The first-order valence-electron chi connectivity index (χ1n) is 7.23. The molecule has 0 atom stereocenters. The third-order valence-electron chi connectivity index (χ3n) is 3.67. The SMILES string of the molecule is CCOc1ccc2c(c1)CN(C(=O)c1ccccn1)CC2. The molecule has 0 fully saturated rings. The number of rotatable bonds is 3. The molecule has 1 aromatic heterocycles. The van der Waals surface area contributed by atoms with Gasteiger partial charge < -0.3 is 9.64 Å². The highest BCUT2D eigenvalue weighted by atomic mass is 16.5. The van der Waals surface area contributed by atoms with Gasteiger partial charge in [-0.05, 0) is 48.7 Å². The van der Waals surface area contributed by atoms with E-state index in [1.54, 1.807) is 12.3 Å². The van der Waals surface area contributed by atoms with E-state index < -0.39 is 0 Å². The minimum atomic E-state index is -0.0111. The normalized spacial score (nSPS) is 13.7. The number of benzene rings is 1. The summed E-state index contributed by atoms with van der Waals surface area (Å²) in [5, 5.41) is 0. The van der Waals surface area contributed by atoms with Gasteiger partial charge in [-0.25, -0.2) is 0 Å². The van der Waals surface area contributed by atoms with E-state index in [9.17, 15) is 4.79 Å². The van der Waals surface area contributed by atoms with Crippen molar-refractivity contribution in [3.05, 3.63) is 59.4 Å². The molecule has 2 aromatic rings. The van der Waals surface area contributed by atoms with Crippen LogP contribution in [0.15, 0.2) is 42.6 Å². The Balaban J connectivity index is 1.80. The molecule has 108 valence electrons. The molecule has 0 bridgehead atoms. The van der Waals surface area contributed by atoms with E-state index in [4.69, 9.17) is 4.74 Å². The maximum absolute atomic E-state index is 12.5. The molecule has 1 aliphatic rings. The quantitative estimate of drug-likeness (QED) is 0.869. The van der Waals surface area contributed by atoms with Gasteiger partial charge in [-0.15, -0.1) is 0 Å². The van der Waals surface area contributed by atoms with Gasteiger partial charge >= 0.3 is 0 Å². The molecule has 4 nitrogen and oxygen atoms in total. The molecule has 1 aliphatic heterocycles. The van der Waals surface area contributed by atoms with Crippen molar-refractivity contribution in [3.63, 3.8) is 0 Å². The van der Waals surface area contributed by atoms with E-state index in [1.807, 2.05) is 36.1 Å². The molecule has 1 aromatic carbocycles. The average Bonchev–Trinajstić information content (AvgIpc) is 2.54. The highest BCUT2D eigenvalue weighted by Gasteiger charge is 2.22. The fraction of sp³-hybridized carbons (Fsp3) is 0.294. The van der Waals surface area contributed by atoms with Gasteiger partial charge in [-0.1, -0.05) is 12.1 Å². The predicted molar refractivity (Wildman–Crippen MR) is 80.3 cm³/mol. The fourth-order valence-corrected chi connectivity index (χ4v) is 2.61. The lowest BCUT2D eigenvalue weighted by Gasteiger charge is -2.29. The zero-order chi connectivity index (χ0) is 14.7. The Labute approximate surface area is 124 Å². The first kappa shape index (κ1) is 13.6. The number of pyridine rings is 1. The highest BCUT2D eigenvalue weighted by molar-refractivity contribution is 5.92. The van der Waals surface area contributed by atoms with Gasteiger partial charge in [0.1, 0.15) is 11.4 Å². The number of carbonyl (C=O) groups excluding carboxylic acids is 1. The standard InChI is InChI=1S/C17H18N2O2/c1-2-21-15-7-6-13-8-10-19(12-14(13)11-15)17(20)16-5-3-4-9-18-16/h3-7,9,11H,2,8,10,12H2,1H3. The topological polar surface area (TPSA) is 42.4 Å². The fourth-order valence-electron chi connectivity index (χ4n) is 2.61. The summed E-state index contributed by atoms with van der Waals surface area (Å²) in [7, 11) is 0. The van der Waals surface area contributed by atoms with E-state index >= 15 is 0 Å². The highest BCUT2D eigenvalue weighted by Crippen LogP contribution is 2.24. The molecule has 0 aliphatic carbocycles. The maximum Gasteiger partial charge on any atom is 0.272 e. The minimum Gasteiger partial charge on any atom is -0.494 e. The summed E-state index contributed by atoms with van der Waals surface area (Å²) in [5.74, 6) is 0.853. The van der Waals surface area contributed by atoms with Crippen LogP contribution in [0.1, 0.15) is 28.5 Å². The smallest absolute Gasteiger partial charge is 0.272 e. The van der Waals surface area contributed by atoms with Gasteiger partial charge in [0.15, 0.2) is 0 Å². The zero-order valence-electron chi connectivity index (χ0n) is 12.1. The first-order chi connectivity index (χ1) is 10.3. The number of aromatic nitrogens is 1. The molecule has 0 saturated heterocycles. The Kier molecular flexibility index (Phi) is 3.86. The Bertz CT molecular complexity index is 640. The van der Waals surface area contributed by atoms with Crippen LogP contribution >= 0.6 is 0 Å². The van der Waals surface area contributed by atoms with Crippen LogP contribution in [0.2, 0.25) is 0 Å². The molecular formula is C17H18N2O2. The van der Waals surface area contributed by atoms with Crippen LogP contribution in [0.5, 0.6) is 5.75 Å². The monoisotopic (exact) mass is 282 g/mol. The van der Waals surface area contributed by atoms with Gasteiger partial charge in [0.25, 0.3) is 5.91 Å². The summed E-state index contributed by atoms with van der Waals surface area (Å²) in [4.78, 5) is 18.4. The van der Waals surface area contributed by atoms with E-state index in [2.05, 4.69) is 11.1 Å². The lowest BCUT2D eigenvalue weighted by Crippen LogP contribution is -2.36. The molecule has 0 spiro atoms. The van der Waals surface area contributed by atoms with E-state index in [0.29, 0.717) is 18.8 Å². The number of ether oxygens (including phenoxy) is 1. The summed E-state index contributed by atoms with van der Waals surface area (Å²) in [5.41, 5.74) is 2.96. The Morgan fingerprint density at radius 2 is 2.19 bits per heavy atom. The molecule has 4 heteroatoms. The Morgan fingerprint density at radius 1 is 1.29 bits per heavy atom. The lowest BCUT2D eigenvalue weighted by molar-refractivity contribution is 0.0728. The predicted octanol–water partition coefficient (Wildman–Crippen LogP) is 2.68. The summed E-state index contributed by atoms with van der Waals surface area (Å²) in [6.45, 7) is 3.97. The number of fused-ring (bicyclic) bond motifs is 1. The van der Waals surface area contributed by atoms with Crippen molar-refractivity contribution in [2.45, 2.75) is 19.9 Å². The van der Waals surface area contributed by atoms with E-state index in [-0.39, 0.29) is 5.91 Å². The van der Waals surface area contributed by atoms with Crippen molar-refractivity contribution < 1.29 is 9.53 Å². The van der Waals surface area contributed by atoms with Gasteiger partial charge in [-0.2, -0.15) is 0 Å². The number of hydrogen-bond donors (Lipinski definition) is 0. The Hall–Kier alpha value is -2.36. The van der Waals surface area contributed by atoms with E-state index in [1.165, 1.54) is 5.56 Å². The number of hydrogen-bond acceptors (Lipinski definition) is 3. The molecule has 1 amide bonds. The van der Waals surface area contributed by atoms with Crippen LogP contribution in [0.4, 0.5) is 0 Å². The second-order valence-electron chi connectivity index (χ2n) is 5.06. The van der Waals surface area contributed by atoms with Crippen molar-refractivity contribution >= 4 is 5.91 Å². The number of amides is 1. The zero-order valence-corrected chi connectivity index (χ0v) is 12.1. The molecule has 0 saturated carbocycles. The molecule has 2 heterocycles. The molecule has 3 rings (SSSR count). The second-order valence-corrected chi connectivity index (χ2v) is 5.06. The van der Waals surface area contributed by atoms with Gasteiger partial charge in [0.2, 0.25) is 0 Å². The van der Waals surface area contributed by atoms with Crippen LogP contribution in [0.3, 0.4) is 0 Å². The third kappa shape index (κ3) is 2.89. The lowest BCUT2D eigenvalue weighted by atomic mass is 9.99. The summed E-state index contributed by atoms with van der Waals surface area (Å²) in [6.07, 6.45) is 2.53. The van der Waals surface area contributed by atoms with Crippen LogP contribution in [0.25, 0.3) is 0 Å². The summed E-state index contributed by atoms with van der Waals surface area (Å²) >= 11 is 0. The van der Waals surface area contributed by atoms with Crippen molar-refractivity contribution in [1.29, 1.82) is 0 Å². The van der Waals surface area contributed by atoms with Crippen molar-refractivity contribution in [2.24, 2.45) is 0 Å². The van der Waals surface area contributed by atoms with E-state index in [0.717, 1.165) is 24.3 Å². The molecule has 21 heavy (non-hydrogen) atoms. The molecule has 0 N–H and O–H groups in total. The van der Waals surface area contributed by atoms with Gasteiger partial charge in [-0.3, -0.25) is 9.78 Å². The maximum atomic E-state index is 12.5. The average molecular weight is 282 g/mol. The summed E-state index contributed by atoms with van der Waals surface area (Å²) < 4.78 is 5.54. The molecule has 0 radical (unpaired) electrons. The number of carbonyl (C=O) groups is 1. The van der Waals surface area contributed by atoms with Crippen LogP contribution in [-0.4, -0.2) is 28.9 Å². The van der Waals surface area contributed by atoms with Crippen molar-refractivity contribution in [3.8, 4) is 5.75 Å². The summed E-state index contributed by atoms with van der Waals surface area (Å²) in [6, 6.07) is 11.6. The minimum absolute atomic E-state index is 0.0111. The van der Waals surface area contributed by atoms with Crippen LogP contribution in [-0.2, 0) is 13.0 Å². The first-order valence-corrected chi connectivity index (χ1v) is 7.23. The number of nitrogens with zero attached hydrogens (tertiary/aromatic N) is 2. The Morgan fingerprint density at radius 3 is 2.95 bits per heavy atom. The van der Waals surface area contributed by atoms with Crippen molar-refractivity contribution in [1.82, 2.24) is 9.88 Å². The third-order valence-corrected chi connectivity index (χ3v) is 3.67. The van der Waals surface area contributed by atoms with Gasteiger partial charge in [0.05, 0.1) is 6.61 Å². The largest absolute Gasteiger partial charge is 0.494 e. The van der Waals surface area contributed by atoms with Crippen LogP contribution < -0.4 is 4.74 Å².